The zero-order valence-electron chi connectivity index (χ0n) is 15.9. The number of imide groups is 1. The summed E-state index contributed by atoms with van der Waals surface area (Å²) in [5, 5.41) is 2.42. The van der Waals surface area contributed by atoms with E-state index in [0.29, 0.717) is 11.3 Å². The van der Waals surface area contributed by atoms with Crippen molar-refractivity contribution in [3.63, 3.8) is 0 Å². The number of cyclic esters (lactones) is 1. The summed E-state index contributed by atoms with van der Waals surface area (Å²) in [6, 6.07) is 13.1. The van der Waals surface area contributed by atoms with Gasteiger partial charge in [-0.15, -0.1) is 0 Å². The predicted octanol–water partition coefficient (Wildman–Crippen LogP) is 1.86. The highest BCUT2D eigenvalue weighted by Gasteiger charge is 2.34. The number of amides is 3. The van der Waals surface area contributed by atoms with E-state index in [4.69, 9.17) is 4.74 Å². The number of nitrogens with one attached hydrogen (secondary N) is 2. The molecule has 2 aromatic carbocycles. The van der Waals surface area contributed by atoms with Crippen LogP contribution >= 0.6 is 0 Å². The zero-order valence-corrected chi connectivity index (χ0v) is 16.7. The fraction of sp³-hybridized carbons (Fsp3) is 0.211. The first-order chi connectivity index (χ1) is 14.3. The van der Waals surface area contributed by atoms with Gasteiger partial charge in [0.15, 0.2) is 6.61 Å². The lowest BCUT2D eigenvalue weighted by Crippen LogP contribution is -2.40. The van der Waals surface area contributed by atoms with E-state index < -0.39 is 34.2 Å². The topological polar surface area (TPSA) is 131 Å². The van der Waals surface area contributed by atoms with Crippen molar-refractivity contribution in [2.24, 2.45) is 0 Å². The quantitative estimate of drug-likeness (QED) is 0.681. The molecule has 0 aromatic heterocycles. The molecule has 0 aliphatic carbocycles. The molecule has 1 aliphatic heterocycles. The second-order valence-electron chi connectivity index (χ2n) is 6.28. The molecule has 1 heterocycles. The highest BCUT2D eigenvalue weighted by Crippen LogP contribution is 2.21. The molecule has 1 atom stereocenters. The van der Waals surface area contributed by atoms with Gasteiger partial charge in [0.05, 0.1) is 24.6 Å². The summed E-state index contributed by atoms with van der Waals surface area (Å²) in [6.45, 7) is -0.593. The molecule has 0 saturated carbocycles. The molecular weight excluding hydrogens is 414 g/mol. The van der Waals surface area contributed by atoms with Crippen LogP contribution in [0.25, 0.3) is 0 Å². The van der Waals surface area contributed by atoms with Gasteiger partial charge in [-0.3, -0.25) is 10.1 Å². The van der Waals surface area contributed by atoms with E-state index in [1.165, 1.54) is 31.4 Å². The predicted molar refractivity (Wildman–Crippen MR) is 105 cm³/mol. The number of carbonyl (C=O) groups is 3. The lowest BCUT2D eigenvalue weighted by atomic mass is 10.1. The standard InChI is InChI=1S/C19H19N3O7S/c1-28-18(24)20-14-7-9-15(10-8-14)30(26,27)21-16(13-5-3-2-4-6-13)11-22-17(23)12-29-19(22)25/h2-10,16,21H,11-12H2,1H3,(H,20,24). The second kappa shape index (κ2) is 8.93. The molecule has 2 aromatic rings. The van der Waals surface area contributed by atoms with Crippen molar-refractivity contribution in [3.8, 4) is 0 Å². The minimum atomic E-state index is -4.02. The minimum absolute atomic E-state index is 0.0610. The Morgan fingerprint density at radius 2 is 1.80 bits per heavy atom. The highest BCUT2D eigenvalue weighted by atomic mass is 32.2. The fourth-order valence-corrected chi connectivity index (χ4v) is 3.99. The van der Waals surface area contributed by atoms with Crippen LogP contribution in [0, 0.1) is 0 Å². The van der Waals surface area contributed by atoms with Crippen LogP contribution < -0.4 is 10.0 Å². The molecule has 1 saturated heterocycles. The molecule has 11 heteroatoms. The lowest BCUT2D eigenvalue weighted by Gasteiger charge is -2.22. The van der Waals surface area contributed by atoms with E-state index in [9.17, 15) is 22.8 Å². The number of carbonyl (C=O) groups excluding carboxylic acids is 3. The van der Waals surface area contributed by atoms with Crippen LogP contribution in [0.15, 0.2) is 59.5 Å². The average Bonchev–Trinajstić information content (AvgIpc) is 3.06. The van der Waals surface area contributed by atoms with Gasteiger partial charge in [0.2, 0.25) is 10.0 Å². The zero-order chi connectivity index (χ0) is 21.7. The number of methoxy groups -OCH3 is 1. The van der Waals surface area contributed by atoms with Gasteiger partial charge in [0, 0.05) is 5.69 Å². The van der Waals surface area contributed by atoms with Crippen molar-refractivity contribution < 1.29 is 32.3 Å². The smallest absolute Gasteiger partial charge is 0.417 e. The van der Waals surface area contributed by atoms with E-state index in [0.717, 1.165) is 4.90 Å². The van der Waals surface area contributed by atoms with Gasteiger partial charge >= 0.3 is 12.2 Å². The number of nitrogens with zero attached hydrogens (tertiary/aromatic N) is 1. The Labute approximate surface area is 172 Å². The van der Waals surface area contributed by atoms with Crippen molar-refractivity contribution in [3.05, 3.63) is 60.2 Å². The number of sulfonamides is 1. The molecule has 1 unspecified atom stereocenters. The Morgan fingerprint density at radius 1 is 1.13 bits per heavy atom. The first kappa shape index (κ1) is 21.3. The van der Waals surface area contributed by atoms with E-state index in [2.05, 4.69) is 14.8 Å². The summed E-state index contributed by atoms with van der Waals surface area (Å²) in [7, 11) is -2.81. The van der Waals surface area contributed by atoms with Crippen LogP contribution in [0.5, 0.6) is 0 Å². The summed E-state index contributed by atoms with van der Waals surface area (Å²) in [5.74, 6) is -0.543. The monoisotopic (exact) mass is 433 g/mol. The molecule has 10 nitrogen and oxygen atoms in total. The van der Waals surface area contributed by atoms with E-state index in [-0.39, 0.29) is 18.0 Å². The molecule has 30 heavy (non-hydrogen) atoms. The SMILES string of the molecule is COC(=O)Nc1ccc(S(=O)(=O)NC(CN2C(=O)COC2=O)c2ccccc2)cc1. The Kier molecular flexibility index (Phi) is 6.33. The van der Waals surface area contributed by atoms with Gasteiger partial charge in [0.1, 0.15) is 0 Å². The van der Waals surface area contributed by atoms with E-state index in [1.54, 1.807) is 30.3 Å². The highest BCUT2D eigenvalue weighted by molar-refractivity contribution is 7.89. The number of hydrogen-bond acceptors (Lipinski definition) is 7. The normalized spacial score (nSPS) is 14.9. The molecule has 0 spiro atoms. The van der Waals surface area contributed by atoms with Gasteiger partial charge in [-0.2, -0.15) is 0 Å². The van der Waals surface area contributed by atoms with Crippen molar-refractivity contribution in [1.82, 2.24) is 9.62 Å². The molecule has 1 aliphatic rings. The van der Waals surface area contributed by atoms with Crippen LogP contribution in [0.1, 0.15) is 11.6 Å². The third-order valence-corrected chi connectivity index (χ3v) is 5.79. The lowest BCUT2D eigenvalue weighted by molar-refractivity contribution is -0.126. The molecule has 0 radical (unpaired) electrons. The summed E-state index contributed by atoms with van der Waals surface area (Å²) < 4.78 is 37.5. The Bertz CT molecular complexity index is 1020. The van der Waals surface area contributed by atoms with Crippen LogP contribution in [0.3, 0.4) is 0 Å². The molecule has 0 bridgehead atoms. The van der Waals surface area contributed by atoms with Crippen LogP contribution in [0.4, 0.5) is 15.3 Å². The Hall–Kier alpha value is -3.44. The Balaban J connectivity index is 1.83. The van der Waals surface area contributed by atoms with Gasteiger partial charge in [-0.05, 0) is 29.8 Å². The maximum Gasteiger partial charge on any atom is 0.417 e. The molecule has 2 N–H and O–H groups in total. The first-order valence-corrected chi connectivity index (χ1v) is 10.3. The molecule has 3 amide bonds. The number of rotatable bonds is 7. The molecular formula is C19H19N3O7S. The van der Waals surface area contributed by atoms with E-state index in [1.807, 2.05) is 0 Å². The third kappa shape index (κ3) is 4.93. The minimum Gasteiger partial charge on any atom is -0.453 e. The van der Waals surface area contributed by atoms with Crippen LogP contribution in [-0.4, -0.2) is 51.7 Å². The third-order valence-electron chi connectivity index (χ3n) is 4.30. The number of ether oxygens (including phenoxy) is 2. The summed E-state index contributed by atoms with van der Waals surface area (Å²) in [4.78, 5) is 35.7. The van der Waals surface area contributed by atoms with Gasteiger partial charge in [-0.25, -0.2) is 27.6 Å². The molecule has 1 fully saturated rings. The van der Waals surface area contributed by atoms with Gasteiger partial charge < -0.3 is 9.47 Å². The number of anilines is 1. The molecule has 158 valence electrons. The maximum atomic E-state index is 12.9. The fourth-order valence-electron chi connectivity index (χ4n) is 2.78. The van der Waals surface area contributed by atoms with Crippen molar-refractivity contribution in [2.75, 3.05) is 25.6 Å². The Morgan fingerprint density at radius 3 is 2.37 bits per heavy atom. The van der Waals surface area contributed by atoms with Gasteiger partial charge in [0.25, 0.3) is 5.91 Å². The number of hydrogen-bond donors (Lipinski definition) is 2. The summed E-state index contributed by atoms with van der Waals surface area (Å²) >= 11 is 0. The molecule has 3 rings (SSSR count). The average molecular weight is 433 g/mol. The van der Waals surface area contributed by atoms with Crippen LogP contribution in [-0.2, 0) is 24.3 Å². The number of benzene rings is 2. The van der Waals surface area contributed by atoms with E-state index >= 15 is 0 Å². The largest absolute Gasteiger partial charge is 0.453 e. The first-order valence-electron chi connectivity index (χ1n) is 8.79. The van der Waals surface area contributed by atoms with Crippen molar-refractivity contribution in [1.29, 1.82) is 0 Å². The van der Waals surface area contributed by atoms with Crippen LogP contribution in [0.2, 0.25) is 0 Å². The van der Waals surface area contributed by atoms with Crippen molar-refractivity contribution in [2.45, 2.75) is 10.9 Å². The second-order valence-corrected chi connectivity index (χ2v) is 8.00. The summed E-state index contributed by atoms with van der Waals surface area (Å²) in [5.41, 5.74) is 0.920. The van der Waals surface area contributed by atoms with Gasteiger partial charge in [-0.1, -0.05) is 30.3 Å². The van der Waals surface area contributed by atoms with Crippen molar-refractivity contribution >= 4 is 33.8 Å². The summed E-state index contributed by atoms with van der Waals surface area (Å²) in [6.07, 6.45) is -1.51. The maximum absolute atomic E-state index is 12.9.